The number of nitrogens with zero attached hydrogens (tertiary/aromatic N) is 4. The van der Waals surface area contributed by atoms with Crippen molar-refractivity contribution in [3.8, 4) is 5.69 Å². The molecule has 3 aromatic rings. The number of amides is 2. The quantitative estimate of drug-likeness (QED) is 0.610. The second-order valence-electron chi connectivity index (χ2n) is 6.74. The summed E-state index contributed by atoms with van der Waals surface area (Å²) < 4.78 is 8.01. The van der Waals surface area contributed by atoms with Gasteiger partial charge in [-0.25, -0.2) is 19.3 Å². The van der Waals surface area contributed by atoms with Crippen molar-refractivity contribution in [3.63, 3.8) is 0 Å². The second kappa shape index (κ2) is 7.82. The van der Waals surface area contributed by atoms with Gasteiger partial charge in [0.2, 0.25) is 0 Å². The number of rotatable bonds is 5. The van der Waals surface area contributed by atoms with Crippen molar-refractivity contribution in [3.05, 3.63) is 64.5 Å². The summed E-state index contributed by atoms with van der Waals surface area (Å²) in [6, 6.07) is 8.34. The van der Waals surface area contributed by atoms with Crippen LogP contribution in [0.15, 0.2) is 58.9 Å². The van der Waals surface area contributed by atoms with E-state index in [0.717, 1.165) is 5.69 Å². The van der Waals surface area contributed by atoms with Crippen molar-refractivity contribution in [1.82, 2.24) is 30.0 Å². The van der Waals surface area contributed by atoms with Gasteiger partial charge in [-0.15, -0.1) is 0 Å². The lowest BCUT2D eigenvalue weighted by Gasteiger charge is -2.26. The molecule has 1 unspecified atom stereocenters. The summed E-state index contributed by atoms with van der Waals surface area (Å²) in [6.07, 6.45) is 2.83. The fraction of sp³-hybridized carbons (Fsp3) is 0.250. The minimum absolute atomic E-state index is 0.0375. The molecule has 10 nitrogen and oxygen atoms in total. The van der Waals surface area contributed by atoms with Crippen LogP contribution in [0.2, 0.25) is 0 Å². The minimum atomic E-state index is -0.555. The van der Waals surface area contributed by atoms with Crippen LogP contribution in [0.1, 0.15) is 13.8 Å². The monoisotopic (exact) mass is 408 g/mol. The molecule has 1 aliphatic rings. The summed E-state index contributed by atoms with van der Waals surface area (Å²) in [5.41, 5.74) is 1.43. The average Bonchev–Trinajstić information content (AvgIpc) is 3.15. The highest BCUT2D eigenvalue weighted by molar-refractivity contribution is 5.94. The molecule has 0 saturated carbocycles. The number of hydrogen-bond donors (Lipinski definition) is 2. The Bertz CT molecular complexity index is 1210. The molecule has 1 aromatic carbocycles. The van der Waals surface area contributed by atoms with Gasteiger partial charge in [0.05, 0.1) is 42.3 Å². The van der Waals surface area contributed by atoms with E-state index in [2.05, 4.69) is 20.7 Å². The lowest BCUT2D eigenvalue weighted by molar-refractivity contribution is -0.139. The molecule has 30 heavy (non-hydrogen) atoms. The second-order valence-corrected chi connectivity index (χ2v) is 6.74. The molecule has 0 aliphatic carbocycles. The number of aromatic nitrogens is 4. The van der Waals surface area contributed by atoms with Crippen molar-refractivity contribution in [1.29, 1.82) is 0 Å². The molecular weight excluding hydrogens is 388 g/mol. The first-order chi connectivity index (χ1) is 14.5. The van der Waals surface area contributed by atoms with Crippen molar-refractivity contribution in [2.75, 3.05) is 6.61 Å². The van der Waals surface area contributed by atoms with Crippen molar-refractivity contribution in [2.24, 2.45) is 0 Å². The van der Waals surface area contributed by atoms with Gasteiger partial charge in [-0.3, -0.25) is 9.36 Å². The molecule has 2 N–H and O–H groups in total. The zero-order valence-corrected chi connectivity index (χ0v) is 16.5. The van der Waals surface area contributed by atoms with Crippen molar-refractivity contribution < 1.29 is 14.3 Å². The molecule has 1 atom stereocenters. The molecule has 154 valence electrons. The fourth-order valence-corrected chi connectivity index (χ4v) is 3.39. The molecule has 0 bridgehead atoms. The van der Waals surface area contributed by atoms with Crippen molar-refractivity contribution >= 4 is 23.0 Å². The Morgan fingerprint density at radius 3 is 2.73 bits per heavy atom. The maximum Gasteiger partial charge on any atom is 0.337 e. The van der Waals surface area contributed by atoms with Crippen LogP contribution in [-0.4, -0.2) is 44.0 Å². The largest absolute Gasteiger partial charge is 0.463 e. The number of hydrogen-bond acceptors (Lipinski definition) is 6. The molecule has 1 aliphatic heterocycles. The van der Waals surface area contributed by atoms with E-state index in [9.17, 15) is 14.4 Å². The first kappa shape index (κ1) is 19.4. The highest BCUT2D eigenvalue weighted by atomic mass is 16.5. The number of allylic oxidation sites excluding steroid dienone is 1. The van der Waals surface area contributed by atoms with Crippen LogP contribution in [0.3, 0.4) is 0 Å². The Kier molecular flexibility index (Phi) is 5.05. The Labute approximate surface area is 171 Å². The third kappa shape index (κ3) is 3.43. The van der Waals surface area contributed by atoms with E-state index in [4.69, 9.17) is 4.74 Å². The van der Waals surface area contributed by atoms with Crippen LogP contribution in [0, 0.1) is 0 Å². The van der Waals surface area contributed by atoms with Gasteiger partial charge < -0.3 is 15.4 Å². The first-order valence-electron chi connectivity index (χ1n) is 9.46. The molecule has 4 rings (SSSR count). The summed E-state index contributed by atoms with van der Waals surface area (Å²) in [4.78, 5) is 41.7. The van der Waals surface area contributed by atoms with Gasteiger partial charge in [0.15, 0.2) is 5.65 Å². The number of urea groups is 1. The average molecular weight is 408 g/mol. The van der Waals surface area contributed by atoms with E-state index in [1.807, 2.05) is 30.3 Å². The molecule has 0 saturated heterocycles. The van der Waals surface area contributed by atoms with Gasteiger partial charge in [-0.1, -0.05) is 18.2 Å². The summed E-state index contributed by atoms with van der Waals surface area (Å²) >= 11 is 0. The van der Waals surface area contributed by atoms with Gasteiger partial charge in [-0.05, 0) is 26.0 Å². The van der Waals surface area contributed by atoms with Crippen LogP contribution < -0.4 is 16.2 Å². The number of carbonyl (C=O) groups excluding carboxylic acids is 2. The molecule has 10 heteroatoms. The Hall–Kier alpha value is -3.95. The number of carbonyl (C=O) groups is 2. The SMILES string of the molecule is CCOC(=O)C1=C(Cn2cnc3c(cnn3-c3ccccc3)c2=O)NC(=O)NC1C. The lowest BCUT2D eigenvalue weighted by atomic mass is 10.0. The summed E-state index contributed by atoms with van der Waals surface area (Å²) in [6.45, 7) is 3.54. The van der Waals surface area contributed by atoms with Crippen LogP contribution >= 0.6 is 0 Å². The summed E-state index contributed by atoms with van der Waals surface area (Å²) in [5, 5.41) is 9.84. The van der Waals surface area contributed by atoms with E-state index < -0.39 is 18.0 Å². The van der Waals surface area contributed by atoms with Gasteiger partial charge in [-0.2, -0.15) is 5.10 Å². The van der Waals surface area contributed by atoms with E-state index in [-0.39, 0.29) is 24.3 Å². The third-order valence-corrected chi connectivity index (χ3v) is 4.75. The Morgan fingerprint density at radius 1 is 1.23 bits per heavy atom. The van der Waals surface area contributed by atoms with Crippen LogP contribution in [0.5, 0.6) is 0 Å². The summed E-state index contributed by atoms with van der Waals surface area (Å²) in [5.74, 6) is -0.550. The number of fused-ring (bicyclic) bond motifs is 1. The predicted molar refractivity (Wildman–Crippen MR) is 108 cm³/mol. The Morgan fingerprint density at radius 2 is 2.00 bits per heavy atom. The number of nitrogens with one attached hydrogen (secondary N) is 2. The topological polar surface area (TPSA) is 120 Å². The minimum Gasteiger partial charge on any atom is -0.463 e. The van der Waals surface area contributed by atoms with E-state index in [1.54, 1.807) is 18.5 Å². The van der Waals surface area contributed by atoms with Gasteiger partial charge in [0.1, 0.15) is 11.7 Å². The zero-order chi connectivity index (χ0) is 21.3. The highest BCUT2D eigenvalue weighted by Gasteiger charge is 2.30. The fourth-order valence-electron chi connectivity index (χ4n) is 3.39. The zero-order valence-electron chi connectivity index (χ0n) is 16.5. The lowest BCUT2D eigenvalue weighted by Crippen LogP contribution is -2.50. The smallest absolute Gasteiger partial charge is 0.337 e. The molecule has 0 fully saturated rings. The maximum atomic E-state index is 13.0. The van der Waals surface area contributed by atoms with Crippen LogP contribution in [-0.2, 0) is 16.1 Å². The molecule has 3 heterocycles. The van der Waals surface area contributed by atoms with Crippen LogP contribution in [0.4, 0.5) is 4.79 Å². The van der Waals surface area contributed by atoms with E-state index >= 15 is 0 Å². The molecular formula is C20H20N6O4. The van der Waals surface area contributed by atoms with Crippen molar-refractivity contribution in [2.45, 2.75) is 26.4 Å². The van der Waals surface area contributed by atoms with Gasteiger partial charge >= 0.3 is 12.0 Å². The first-order valence-corrected chi connectivity index (χ1v) is 9.46. The predicted octanol–water partition coefficient (Wildman–Crippen LogP) is 1.10. The number of benzene rings is 1. The Balaban J connectivity index is 1.75. The highest BCUT2D eigenvalue weighted by Crippen LogP contribution is 2.17. The number of ether oxygens (including phenoxy) is 1. The molecule has 0 spiro atoms. The standard InChI is InChI=1S/C20H20N6O4/c1-3-30-19(28)16-12(2)23-20(29)24-15(16)10-25-11-21-17-14(18(25)27)9-22-26(17)13-7-5-4-6-8-13/h4-9,11-12H,3,10H2,1-2H3,(H2,23,24,29). The van der Waals surface area contributed by atoms with E-state index in [1.165, 1.54) is 17.1 Å². The molecule has 0 radical (unpaired) electrons. The normalized spacial score (nSPS) is 16.3. The van der Waals surface area contributed by atoms with Gasteiger partial charge in [0.25, 0.3) is 5.56 Å². The molecule has 2 amide bonds. The summed E-state index contributed by atoms with van der Waals surface area (Å²) in [7, 11) is 0. The number of esters is 1. The third-order valence-electron chi connectivity index (χ3n) is 4.75. The number of para-hydroxylation sites is 1. The van der Waals surface area contributed by atoms with Crippen LogP contribution in [0.25, 0.3) is 16.7 Å². The van der Waals surface area contributed by atoms with Gasteiger partial charge in [0, 0.05) is 0 Å². The maximum absolute atomic E-state index is 13.0. The van der Waals surface area contributed by atoms with E-state index in [0.29, 0.717) is 16.7 Å². The molecule has 2 aromatic heterocycles.